The molecule has 0 saturated carbocycles. The molecule has 194 valence electrons. The first-order chi connectivity index (χ1) is 18.3. The van der Waals surface area contributed by atoms with E-state index in [1.165, 1.54) is 16.7 Å². The highest BCUT2D eigenvalue weighted by Gasteiger charge is 2.35. The smallest absolute Gasteiger partial charge is 0.352 e. The number of carbonyl (C=O) groups excluding carboxylic acids is 1. The predicted octanol–water partition coefficient (Wildman–Crippen LogP) is 2.89. The van der Waals surface area contributed by atoms with Crippen LogP contribution in [0.1, 0.15) is 15.9 Å². The number of hydrogen-bond acceptors (Lipinski definition) is 7. The zero-order chi connectivity index (χ0) is 26.4. The molecule has 10 nitrogen and oxygen atoms in total. The van der Waals surface area contributed by atoms with E-state index in [4.69, 9.17) is 0 Å². The molecular formula is C25H22F3N9O. The van der Waals surface area contributed by atoms with Crippen molar-refractivity contribution < 1.29 is 18.0 Å². The number of hydrogen-bond donors (Lipinski definition) is 0. The summed E-state index contributed by atoms with van der Waals surface area (Å²) in [6.07, 6.45) is 6.58. The van der Waals surface area contributed by atoms with Crippen LogP contribution in [0.25, 0.3) is 17.2 Å². The molecule has 0 bridgehead atoms. The summed E-state index contributed by atoms with van der Waals surface area (Å²) in [6.45, 7) is 1.97. The van der Waals surface area contributed by atoms with Crippen molar-refractivity contribution in [1.29, 1.82) is 0 Å². The van der Waals surface area contributed by atoms with Crippen LogP contribution in [0, 0.1) is 0 Å². The molecule has 0 spiro atoms. The Labute approximate surface area is 214 Å². The molecule has 4 aromatic rings. The molecule has 1 unspecified atom stereocenters. The second-order valence-corrected chi connectivity index (χ2v) is 9.09. The Morgan fingerprint density at radius 2 is 1.95 bits per heavy atom. The highest BCUT2D eigenvalue weighted by molar-refractivity contribution is 5.95. The van der Waals surface area contributed by atoms with Gasteiger partial charge in [-0.1, -0.05) is 6.08 Å². The summed E-state index contributed by atoms with van der Waals surface area (Å²) in [6, 6.07) is 3.81. The zero-order valence-corrected chi connectivity index (χ0v) is 20.2. The van der Waals surface area contributed by atoms with E-state index in [1.807, 2.05) is 15.9 Å². The van der Waals surface area contributed by atoms with E-state index in [9.17, 15) is 18.0 Å². The normalized spacial score (nSPS) is 17.9. The van der Waals surface area contributed by atoms with Crippen LogP contribution in [0.15, 0.2) is 65.8 Å². The second-order valence-electron chi connectivity index (χ2n) is 9.09. The lowest BCUT2D eigenvalue weighted by Crippen LogP contribution is -2.56. The third kappa shape index (κ3) is 4.29. The van der Waals surface area contributed by atoms with Crippen LogP contribution < -0.4 is 4.90 Å². The Kier molecular flexibility index (Phi) is 5.69. The van der Waals surface area contributed by atoms with E-state index in [0.29, 0.717) is 48.9 Å². The summed E-state index contributed by atoms with van der Waals surface area (Å²) < 4.78 is 42.9. The minimum Gasteiger partial charge on any atom is -0.352 e. The van der Waals surface area contributed by atoms with Gasteiger partial charge in [0.05, 0.1) is 36.1 Å². The van der Waals surface area contributed by atoms with Crippen molar-refractivity contribution in [2.45, 2.75) is 12.2 Å². The molecule has 0 N–H and O–H groups in total. The quantitative estimate of drug-likeness (QED) is 0.410. The molecule has 0 aromatic carbocycles. The molecule has 1 fully saturated rings. The molecule has 2 aliphatic heterocycles. The number of alkyl halides is 3. The lowest BCUT2D eigenvalue weighted by Gasteiger charge is -2.42. The number of aryl methyl sites for hydroxylation is 1. The Morgan fingerprint density at radius 1 is 1.08 bits per heavy atom. The van der Waals surface area contributed by atoms with E-state index in [-0.39, 0.29) is 17.8 Å². The highest BCUT2D eigenvalue weighted by atomic mass is 19.4. The van der Waals surface area contributed by atoms with Crippen molar-refractivity contribution in [2.24, 2.45) is 12.0 Å². The number of pyridine rings is 1. The number of rotatable bonds is 4. The molecular weight excluding hydrogens is 499 g/mol. The summed E-state index contributed by atoms with van der Waals surface area (Å²) in [5, 5.41) is 4.12. The molecule has 6 rings (SSSR count). The topological polar surface area (TPSA) is 96.8 Å². The molecule has 13 heteroatoms. The third-order valence-corrected chi connectivity index (χ3v) is 6.68. The summed E-state index contributed by atoms with van der Waals surface area (Å²) in [5.74, 6) is 0.742. The van der Waals surface area contributed by atoms with Gasteiger partial charge < -0.3 is 9.80 Å². The minimum absolute atomic E-state index is 0.112. The Bertz CT molecular complexity index is 1590. The van der Waals surface area contributed by atoms with E-state index in [2.05, 4.69) is 25.0 Å². The third-order valence-electron chi connectivity index (χ3n) is 6.68. The van der Waals surface area contributed by atoms with Gasteiger partial charge in [0.15, 0.2) is 5.82 Å². The summed E-state index contributed by atoms with van der Waals surface area (Å²) in [7, 11) is 1.76. The van der Waals surface area contributed by atoms with E-state index in [1.54, 1.807) is 42.6 Å². The molecule has 0 radical (unpaired) electrons. The fourth-order valence-corrected chi connectivity index (χ4v) is 4.77. The number of anilines is 1. The lowest BCUT2D eigenvalue weighted by atomic mass is 10.0. The van der Waals surface area contributed by atoms with Gasteiger partial charge in [-0.15, -0.1) is 0 Å². The first-order valence-electron chi connectivity index (χ1n) is 11.9. The van der Waals surface area contributed by atoms with Crippen LogP contribution >= 0.6 is 0 Å². The zero-order valence-electron chi connectivity index (χ0n) is 20.2. The minimum atomic E-state index is -4.49. The second kappa shape index (κ2) is 9.08. The molecule has 1 saturated heterocycles. The maximum Gasteiger partial charge on any atom is 0.417 e. The molecule has 38 heavy (non-hydrogen) atoms. The number of aromatic nitrogens is 6. The molecule has 4 aromatic heterocycles. The largest absolute Gasteiger partial charge is 0.417 e. The summed E-state index contributed by atoms with van der Waals surface area (Å²) >= 11 is 0. The average Bonchev–Trinajstić information content (AvgIpc) is 3.68. The monoisotopic (exact) mass is 521 g/mol. The molecule has 6 heterocycles. The van der Waals surface area contributed by atoms with Gasteiger partial charge in [-0.05, 0) is 23.8 Å². The Balaban J connectivity index is 1.31. The van der Waals surface area contributed by atoms with Crippen LogP contribution in [-0.2, 0) is 13.2 Å². The molecule has 0 aliphatic carbocycles. The maximum absolute atomic E-state index is 13.3. The number of amides is 1. The number of nitrogens with zero attached hydrogens (tertiary/aromatic N) is 9. The fraction of sp³-hybridized carbons (Fsp3) is 0.280. The van der Waals surface area contributed by atoms with Gasteiger partial charge in [-0.3, -0.25) is 18.9 Å². The number of carbonyl (C=O) groups is 1. The van der Waals surface area contributed by atoms with Crippen molar-refractivity contribution in [3.63, 3.8) is 0 Å². The van der Waals surface area contributed by atoms with E-state index >= 15 is 0 Å². The first kappa shape index (κ1) is 23.8. The van der Waals surface area contributed by atoms with Crippen molar-refractivity contribution >= 4 is 23.6 Å². The van der Waals surface area contributed by atoms with Crippen LogP contribution in [0.2, 0.25) is 0 Å². The van der Waals surface area contributed by atoms with Gasteiger partial charge in [-0.2, -0.15) is 18.3 Å². The van der Waals surface area contributed by atoms with Gasteiger partial charge in [0.2, 0.25) is 0 Å². The number of halogens is 3. The Morgan fingerprint density at radius 3 is 2.68 bits per heavy atom. The van der Waals surface area contributed by atoms with Crippen molar-refractivity contribution in [1.82, 2.24) is 34.0 Å². The van der Waals surface area contributed by atoms with Gasteiger partial charge in [0.25, 0.3) is 5.91 Å². The van der Waals surface area contributed by atoms with Crippen LogP contribution in [-0.4, -0.2) is 78.4 Å². The first-order valence-corrected chi connectivity index (χ1v) is 11.9. The maximum atomic E-state index is 13.3. The fourth-order valence-electron chi connectivity index (χ4n) is 4.77. The number of aliphatic imine (C=N–C) groups is 1. The molecule has 1 amide bonds. The predicted molar refractivity (Wildman–Crippen MR) is 133 cm³/mol. The van der Waals surface area contributed by atoms with E-state index in [0.717, 1.165) is 17.8 Å². The number of piperazine rings is 1. The molecule has 2 aliphatic rings. The number of fused-ring (bicyclic) bond motifs is 1. The van der Waals surface area contributed by atoms with Gasteiger partial charge in [-0.25, -0.2) is 15.0 Å². The average molecular weight is 522 g/mol. The summed E-state index contributed by atoms with van der Waals surface area (Å²) in [4.78, 5) is 34.7. The van der Waals surface area contributed by atoms with E-state index < -0.39 is 11.7 Å². The van der Waals surface area contributed by atoms with Crippen molar-refractivity contribution in [2.75, 3.05) is 31.1 Å². The van der Waals surface area contributed by atoms with Gasteiger partial charge >= 0.3 is 6.18 Å². The lowest BCUT2D eigenvalue weighted by molar-refractivity contribution is -0.137. The van der Waals surface area contributed by atoms with Gasteiger partial charge in [0.1, 0.15) is 17.2 Å². The van der Waals surface area contributed by atoms with Crippen molar-refractivity contribution in [3.05, 3.63) is 72.0 Å². The number of imidazole rings is 1. The molecule has 1 atom stereocenters. The SMILES string of the molecule is Cn1cc(C(=O)N2CCN(c3ccnc(-c4cnc5ccc(C(F)(F)F)cn45)n3)CC2C2=CCN=C2)cn1. The van der Waals surface area contributed by atoms with Crippen LogP contribution in [0.5, 0.6) is 0 Å². The highest BCUT2D eigenvalue weighted by Crippen LogP contribution is 2.31. The van der Waals surface area contributed by atoms with Crippen LogP contribution in [0.3, 0.4) is 0 Å². The van der Waals surface area contributed by atoms with Gasteiger partial charge in [0, 0.05) is 51.5 Å². The standard InChI is InChI=1S/C25H22F3N9O/c1-34-13-17(11-32-34)24(38)36-9-8-35(15-20(36)16-4-6-29-10-16)22-5-7-30-23(33-22)19-12-31-21-3-2-18(14-37(19)21)25(26,27)28/h2-5,7,10-14,20H,6,8-9,15H2,1H3. The Hall–Kier alpha value is -4.55. The van der Waals surface area contributed by atoms with Crippen molar-refractivity contribution in [3.8, 4) is 11.5 Å². The van der Waals surface area contributed by atoms with Crippen LogP contribution in [0.4, 0.5) is 19.0 Å². The summed E-state index contributed by atoms with van der Waals surface area (Å²) in [5.41, 5.74) is 1.38.